The quantitative estimate of drug-likeness (QED) is 0.367. The Morgan fingerprint density at radius 1 is 0.833 bits per heavy atom. The molecule has 0 bridgehead atoms. The van der Waals surface area contributed by atoms with Gasteiger partial charge in [-0.25, -0.2) is 0 Å². The van der Waals surface area contributed by atoms with Crippen LogP contribution < -0.4 is 0 Å². The molecule has 0 aromatic rings. The van der Waals surface area contributed by atoms with E-state index in [1.807, 2.05) is 36.5 Å². The van der Waals surface area contributed by atoms with Crippen LogP contribution in [0.25, 0.3) is 0 Å². The third-order valence-electron chi connectivity index (χ3n) is 1.53. The van der Waals surface area contributed by atoms with Crippen molar-refractivity contribution in [3.63, 3.8) is 0 Å². The third-order valence-corrected chi connectivity index (χ3v) is 1.53. The molecule has 0 aromatic heterocycles. The van der Waals surface area contributed by atoms with Crippen molar-refractivity contribution in [3.05, 3.63) is 59.1 Å². The first-order valence-corrected chi connectivity index (χ1v) is 3.74. The highest BCUT2D eigenvalue weighted by molar-refractivity contribution is 5.50. The molecule has 0 saturated carbocycles. The van der Waals surface area contributed by atoms with E-state index < -0.39 is 0 Å². The molecular formula is C12H6. The molecule has 0 radical (unpaired) electrons. The van der Waals surface area contributed by atoms with Gasteiger partial charge in [0, 0.05) is 0 Å². The molecule has 12 heavy (non-hydrogen) atoms. The first-order chi connectivity index (χ1) is 5.95. The van der Waals surface area contributed by atoms with Crippen molar-refractivity contribution in [3.8, 4) is 11.8 Å². The standard InChI is InChI=1S/C12H6/c1-2-6-11(5-1)9-10-12-7-3-4-8-12/h1-5,7H. The second-order valence-electron chi connectivity index (χ2n) is 2.42. The molecule has 0 nitrogen and oxygen atoms in total. The average Bonchev–Trinajstić information content (AvgIpc) is 2.74. The zero-order valence-electron chi connectivity index (χ0n) is 6.46. The first-order valence-electron chi connectivity index (χ1n) is 3.74. The van der Waals surface area contributed by atoms with E-state index in [4.69, 9.17) is 0 Å². The van der Waals surface area contributed by atoms with Gasteiger partial charge in [0.1, 0.15) is 0 Å². The summed E-state index contributed by atoms with van der Waals surface area (Å²) < 4.78 is 0. The second-order valence-corrected chi connectivity index (χ2v) is 2.42. The molecule has 2 rings (SSSR count). The molecule has 0 fully saturated rings. The van der Waals surface area contributed by atoms with E-state index in [0.717, 1.165) is 11.1 Å². The maximum absolute atomic E-state index is 3.01. The van der Waals surface area contributed by atoms with Crippen LogP contribution in [-0.2, 0) is 0 Å². The fourth-order valence-corrected chi connectivity index (χ4v) is 0.951. The van der Waals surface area contributed by atoms with Crippen LogP contribution in [0.4, 0.5) is 0 Å². The van der Waals surface area contributed by atoms with Crippen LogP contribution in [0.5, 0.6) is 0 Å². The molecule has 2 aliphatic rings. The van der Waals surface area contributed by atoms with Gasteiger partial charge in [-0.3, -0.25) is 0 Å². The average molecular weight is 150 g/mol. The fraction of sp³-hybridized carbons (Fsp3) is 0. The molecule has 0 N–H and O–H groups in total. The zero-order chi connectivity index (χ0) is 8.23. The van der Waals surface area contributed by atoms with Gasteiger partial charge in [0.2, 0.25) is 0 Å². The fourth-order valence-electron chi connectivity index (χ4n) is 0.951. The van der Waals surface area contributed by atoms with Crippen LogP contribution in [0.1, 0.15) is 0 Å². The van der Waals surface area contributed by atoms with Gasteiger partial charge >= 0.3 is 0 Å². The van der Waals surface area contributed by atoms with Gasteiger partial charge in [-0.05, 0) is 24.3 Å². The molecule has 0 spiro atoms. The Morgan fingerprint density at radius 2 is 1.33 bits per heavy atom. The van der Waals surface area contributed by atoms with Gasteiger partial charge in [0.25, 0.3) is 0 Å². The van der Waals surface area contributed by atoms with E-state index in [1.54, 1.807) is 0 Å². The minimum atomic E-state index is 0.935. The van der Waals surface area contributed by atoms with Crippen molar-refractivity contribution in [2.24, 2.45) is 0 Å². The lowest BCUT2D eigenvalue weighted by molar-refractivity contribution is 1.83. The zero-order valence-corrected chi connectivity index (χ0v) is 6.46. The smallest absolute Gasteiger partial charge is 0.0667 e. The lowest BCUT2D eigenvalue weighted by Gasteiger charge is -1.78. The maximum Gasteiger partial charge on any atom is 0.0667 e. The highest BCUT2D eigenvalue weighted by atomic mass is 13.9. The maximum atomic E-state index is 3.01. The summed E-state index contributed by atoms with van der Waals surface area (Å²) in [6, 6.07) is 0. The number of hydrogen-bond acceptors (Lipinski definition) is 0. The number of hydrogen-bond donors (Lipinski definition) is 0. The van der Waals surface area contributed by atoms with Crippen molar-refractivity contribution in [1.82, 2.24) is 0 Å². The summed E-state index contributed by atoms with van der Waals surface area (Å²) >= 11 is 0. The van der Waals surface area contributed by atoms with E-state index in [2.05, 4.69) is 23.3 Å². The number of rotatable bonds is 0. The molecule has 0 heterocycles. The largest absolute Gasteiger partial charge is 0.104 e. The van der Waals surface area contributed by atoms with Gasteiger partial charge in [-0.1, -0.05) is 24.0 Å². The summed E-state index contributed by atoms with van der Waals surface area (Å²) in [6.07, 6.45) is 11.5. The Kier molecular flexibility index (Phi) is 1.69. The Balaban J connectivity index is 2.21. The lowest BCUT2D eigenvalue weighted by Crippen LogP contribution is -1.67. The van der Waals surface area contributed by atoms with E-state index in [9.17, 15) is 0 Å². The Hall–Kier alpha value is -1.92. The van der Waals surface area contributed by atoms with Gasteiger partial charge in [-0.2, -0.15) is 0 Å². The third kappa shape index (κ3) is 1.39. The van der Waals surface area contributed by atoms with Crippen LogP contribution in [0.2, 0.25) is 0 Å². The van der Waals surface area contributed by atoms with Gasteiger partial charge in [0.05, 0.1) is 11.1 Å². The SMILES string of the molecule is C1=CC=CC=1C#CC1=C=CC=C1. The Bertz CT molecular complexity index is 402. The molecule has 0 aliphatic heterocycles. The molecule has 0 atom stereocenters. The first kappa shape index (κ1) is 6.77. The van der Waals surface area contributed by atoms with Crippen molar-refractivity contribution >= 4 is 0 Å². The van der Waals surface area contributed by atoms with Crippen LogP contribution in [-0.4, -0.2) is 0 Å². The van der Waals surface area contributed by atoms with E-state index in [1.165, 1.54) is 0 Å². The highest BCUT2D eigenvalue weighted by Crippen LogP contribution is 2.02. The Labute approximate surface area is 71.6 Å². The van der Waals surface area contributed by atoms with Crippen LogP contribution in [0, 0.1) is 11.8 Å². The van der Waals surface area contributed by atoms with Crippen LogP contribution >= 0.6 is 0 Å². The number of allylic oxidation sites excluding steroid dienone is 6. The lowest BCUT2D eigenvalue weighted by atomic mass is 10.2. The molecule has 0 unspecified atom stereocenters. The predicted molar refractivity (Wildman–Crippen MR) is 49.2 cm³/mol. The summed E-state index contributed by atoms with van der Waals surface area (Å²) in [4.78, 5) is 0. The topological polar surface area (TPSA) is 0 Å². The molecule has 2 aliphatic carbocycles. The second kappa shape index (κ2) is 2.99. The monoisotopic (exact) mass is 150 g/mol. The molecular weight excluding hydrogens is 144 g/mol. The van der Waals surface area contributed by atoms with E-state index in [-0.39, 0.29) is 0 Å². The summed E-state index contributed by atoms with van der Waals surface area (Å²) in [5, 5.41) is 0. The summed E-state index contributed by atoms with van der Waals surface area (Å²) in [6.45, 7) is 0. The van der Waals surface area contributed by atoms with E-state index >= 15 is 0 Å². The summed E-state index contributed by atoms with van der Waals surface area (Å²) in [7, 11) is 0. The normalized spacial score (nSPS) is 16.0. The predicted octanol–water partition coefficient (Wildman–Crippen LogP) is 2.29. The summed E-state index contributed by atoms with van der Waals surface area (Å²) in [5.41, 5.74) is 7.89. The minimum absolute atomic E-state index is 0.935. The van der Waals surface area contributed by atoms with Gasteiger partial charge in [0.15, 0.2) is 0 Å². The molecule has 0 heteroatoms. The van der Waals surface area contributed by atoms with Crippen LogP contribution in [0.3, 0.4) is 0 Å². The molecule has 0 aromatic carbocycles. The summed E-state index contributed by atoms with van der Waals surface area (Å²) in [5.74, 6) is 5.98. The molecule has 0 amide bonds. The Morgan fingerprint density at radius 3 is 1.67 bits per heavy atom. The van der Waals surface area contributed by atoms with Crippen molar-refractivity contribution in [2.75, 3.05) is 0 Å². The molecule has 54 valence electrons. The minimum Gasteiger partial charge on any atom is -0.104 e. The highest BCUT2D eigenvalue weighted by Gasteiger charge is 1.89. The molecule has 0 saturated heterocycles. The van der Waals surface area contributed by atoms with E-state index in [0.29, 0.717) is 0 Å². The van der Waals surface area contributed by atoms with Gasteiger partial charge in [-0.15, -0.1) is 11.5 Å². The van der Waals surface area contributed by atoms with Crippen molar-refractivity contribution in [2.45, 2.75) is 0 Å². The van der Waals surface area contributed by atoms with Crippen molar-refractivity contribution < 1.29 is 0 Å². The van der Waals surface area contributed by atoms with Gasteiger partial charge < -0.3 is 0 Å². The van der Waals surface area contributed by atoms with Crippen molar-refractivity contribution in [1.29, 1.82) is 0 Å². The van der Waals surface area contributed by atoms with Crippen LogP contribution in [0.15, 0.2) is 59.1 Å².